The van der Waals surface area contributed by atoms with E-state index in [1.807, 2.05) is 6.07 Å². The lowest BCUT2D eigenvalue weighted by atomic mass is 10.2. The standard InChI is InChI=1S/C9H9N3O/c1-10-9(13)7-3-5-12-8(6-7)2-4-11-12/h2-6H,1H3,(H,10,13). The Hall–Kier alpha value is -1.84. The van der Waals surface area contributed by atoms with E-state index in [1.54, 1.807) is 36.1 Å². The SMILES string of the molecule is CNC(=O)c1ccn2nccc2c1. The fourth-order valence-corrected chi connectivity index (χ4v) is 1.21. The first-order valence-electron chi connectivity index (χ1n) is 3.97. The molecule has 0 spiro atoms. The number of carbonyl (C=O) groups is 1. The molecule has 0 bridgehead atoms. The number of amides is 1. The van der Waals surface area contributed by atoms with E-state index >= 15 is 0 Å². The molecule has 0 radical (unpaired) electrons. The van der Waals surface area contributed by atoms with Crippen molar-refractivity contribution in [2.45, 2.75) is 0 Å². The van der Waals surface area contributed by atoms with Crippen LogP contribution in [0, 0.1) is 0 Å². The van der Waals surface area contributed by atoms with Crippen LogP contribution in [0.5, 0.6) is 0 Å². The van der Waals surface area contributed by atoms with Gasteiger partial charge in [0.05, 0.1) is 5.52 Å². The summed E-state index contributed by atoms with van der Waals surface area (Å²) >= 11 is 0. The number of hydrogen-bond donors (Lipinski definition) is 1. The van der Waals surface area contributed by atoms with Gasteiger partial charge in [0.25, 0.3) is 5.91 Å². The summed E-state index contributed by atoms with van der Waals surface area (Å²) < 4.78 is 1.71. The van der Waals surface area contributed by atoms with Crippen LogP contribution in [0.25, 0.3) is 5.52 Å². The molecule has 2 heterocycles. The monoisotopic (exact) mass is 175 g/mol. The third-order valence-corrected chi connectivity index (χ3v) is 1.89. The minimum Gasteiger partial charge on any atom is -0.355 e. The van der Waals surface area contributed by atoms with Gasteiger partial charge in [0.1, 0.15) is 0 Å². The number of pyridine rings is 1. The van der Waals surface area contributed by atoms with Gasteiger partial charge in [-0.1, -0.05) is 0 Å². The quantitative estimate of drug-likeness (QED) is 0.693. The van der Waals surface area contributed by atoms with Crippen LogP contribution in [0.2, 0.25) is 0 Å². The van der Waals surface area contributed by atoms with E-state index in [1.165, 1.54) is 0 Å². The summed E-state index contributed by atoms with van der Waals surface area (Å²) in [4.78, 5) is 11.2. The maximum Gasteiger partial charge on any atom is 0.251 e. The molecule has 0 saturated heterocycles. The van der Waals surface area contributed by atoms with Crippen LogP contribution in [0.4, 0.5) is 0 Å². The molecule has 66 valence electrons. The molecule has 2 rings (SSSR count). The van der Waals surface area contributed by atoms with Crippen molar-refractivity contribution in [3.8, 4) is 0 Å². The van der Waals surface area contributed by atoms with E-state index in [0.717, 1.165) is 5.52 Å². The maximum absolute atomic E-state index is 11.2. The first kappa shape index (κ1) is 7.79. The second kappa shape index (κ2) is 2.90. The average Bonchev–Trinajstić information content (AvgIpc) is 2.63. The molecule has 0 aliphatic carbocycles. The predicted octanol–water partition coefficient (Wildman–Crippen LogP) is 0.694. The van der Waals surface area contributed by atoms with Crippen LogP contribution in [0.15, 0.2) is 30.6 Å². The van der Waals surface area contributed by atoms with Gasteiger partial charge in [0, 0.05) is 25.0 Å². The summed E-state index contributed by atoms with van der Waals surface area (Å²) in [6, 6.07) is 5.39. The summed E-state index contributed by atoms with van der Waals surface area (Å²) in [5.74, 6) is -0.0799. The van der Waals surface area contributed by atoms with Crippen molar-refractivity contribution < 1.29 is 4.79 Å². The number of fused-ring (bicyclic) bond motifs is 1. The Morgan fingerprint density at radius 3 is 3.15 bits per heavy atom. The van der Waals surface area contributed by atoms with Crippen LogP contribution in [-0.4, -0.2) is 22.6 Å². The molecule has 0 unspecified atom stereocenters. The highest BCUT2D eigenvalue weighted by Crippen LogP contribution is 2.05. The fourth-order valence-electron chi connectivity index (χ4n) is 1.21. The van der Waals surface area contributed by atoms with Crippen molar-refractivity contribution in [2.24, 2.45) is 0 Å². The number of rotatable bonds is 1. The van der Waals surface area contributed by atoms with E-state index in [2.05, 4.69) is 10.4 Å². The van der Waals surface area contributed by atoms with Crippen molar-refractivity contribution in [1.29, 1.82) is 0 Å². The summed E-state index contributed by atoms with van der Waals surface area (Å²) in [5, 5.41) is 6.60. The molecule has 1 N–H and O–H groups in total. The van der Waals surface area contributed by atoms with Crippen molar-refractivity contribution in [2.75, 3.05) is 7.05 Å². The lowest BCUT2D eigenvalue weighted by molar-refractivity contribution is 0.0963. The lowest BCUT2D eigenvalue weighted by Gasteiger charge is -1.99. The number of carbonyl (C=O) groups excluding carboxylic acids is 1. The topological polar surface area (TPSA) is 46.4 Å². The van der Waals surface area contributed by atoms with Gasteiger partial charge in [-0.2, -0.15) is 5.10 Å². The van der Waals surface area contributed by atoms with Crippen LogP contribution < -0.4 is 5.32 Å². The molecule has 0 atom stereocenters. The molecule has 0 fully saturated rings. The zero-order valence-corrected chi connectivity index (χ0v) is 7.19. The van der Waals surface area contributed by atoms with Crippen molar-refractivity contribution in [3.05, 3.63) is 36.2 Å². The van der Waals surface area contributed by atoms with Gasteiger partial charge in [0.2, 0.25) is 0 Å². The number of aromatic nitrogens is 2. The van der Waals surface area contributed by atoms with Gasteiger partial charge in [-0.25, -0.2) is 4.52 Å². The Morgan fingerprint density at radius 1 is 1.54 bits per heavy atom. The van der Waals surface area contributed by atoms with E-state index < -0.39 is 0 Å². The molecular formula is C9H9N3O. The fraction of sp³-hybridized carbons (Fsp3) is 0.111. The van der Waals surface area contributed by atoms with Gasteiger partial charge >= 0.3 is 0 Å². The highest BCUT2D eigenvalue weighted by Gasteiger charge is 2.03. The number of nitrogens with zero attached hydrogens (tertiary/aromatic N) is 2. The number of hydrogen-bond acceptors (Lipinski definition) is 2. The van der Waals surface area contributed by atoms with E-state index in [9.17, 15) is 4.79 Å². The zero-order chi connectivity index (χ0) is 9.26. The molecule has 4 heteroatoms. The maximum atomic E-state index is 11.2. The van der Waals surface area contributed by atoms with Gasteiger partial charge in [-0.3, -0.25) is 4.79 Å². The van der Waals surface area contributed by atoms with Gasteiger partial charge in [-0.15, -0.1) is 0 Å². The third kappa shape index (κ3) is 1.26. The summed E-state index contributed by atoms with van der Waals surface area (Å²) in [6.07, 6.45) is 3.46. The van der Waals surface area contributed by atoms with E-state index in [0.29, 0.717) is 5.56 Å². The van der Waals surface area contributed by atoms with Crippen LogP contribution in [0.1, 0.15) is 10.4 Å². The summed E-state index contributed by atoms with van der Waals surface area (Å²) in [7, 11) is 1.61. The highest BCUT2D eigenvalue weighted by atomic mass is 16.1. The lowest BCUT2D eigenvalue weighted by Crippen LogP contribution is -2.17. The first-order valence-corrected chi connectivity index (χ1v) is 3.97. The van der Waals surface area contributed by atoms with Gasteiger partial charge < -0.3 is 5.32 Å². The van der Waals surface area contributed by atoms with Crippen LogP contribution in [-0.2, 0) is 0 Å². The normalized spacial score (nSPS) is 10.2. The Morgan fingerprint density at radius 2 is 2.38 bits per heavy atom. The zero-order valence-electron chi connectivity index (χ0n) is 7.19. The molecule has 0 aromatic carbocycles. The largest absolute Gasteiger partial charge is 0.355 e. The van der Waals surface area contributed by atoms with Crippen LogP contribution >= 0.6 is 0 Å². The summed E-state index contributed by atoms with van der Waals surface area (Å²) in [5.41, 5.74) is 1.57. The van der Waals surface area contributed by atoms with Crippen molar-refractivity contribution in [1.82, 2.24) is 14.9 Å². The molecule has 0 saturated carbocycles. The molecule has 2 aromatic heterocycles. The second-order valence-corrected chi connectivity index (χ2v) is 2.70. The average molecular weight is 175 g/mol. The molecule has 0 aliphatic rings. The Labute approximate surface area is 75.2 Å². The Bertz CT molecular complexity index is 447. The first-order chi connectivity index (χ1) is 6.31. The predicted molar refractivity (Wildman–Crippen MR) is 48.6 cm³/mol. The van der Waals surface area contributed by atoms with Crippen molar-refractivity contribution in [3.63, 3.8) is 0 Å². The Balaban J connectivity index is 2.54. The molecule has 0 aliphatic heterocycles. The molecular weight excluding hydrogens is 166 g/mol. The Kier molecular flexibility index (Phi) is 1.73. The minimum absolute atomic E-state index is 0.0799. The minimum atomic E-state index is -0.0799. The third-order valence-electron chi connectivity index (χ3n) is 1.89. The van der Waals surface area contributed by atoms with Crippen molar-refractivity contribution >= 4 is 11.4 Å². The molecule has 2 aromatic rings. The highest BCUT2D eigenvalue weighted by molar-refractivity contribution is 5.94. The summed E-state index contributed by atoms with van der Waals surface area (Å²) in [6.45, 7) is 0. The van der Waals surface area contributed by atoms with Gasteiger partial charge in [-0.05, 0) is 18.2 Å². The second-order valence-electron chi connectivity index (χ2n) is 2.70. The molecule has 4 nitrogen and oxygen atoms in total. The number of nitrogens with one attached hydrogen (secondary N) is 1. The van der Waals surface area contributed by atoms with Gasteiger partial charge in [0.15, 0.2) is 0 Å². The smallest absolute Gasteiger partial charge is 0.251 e. The van der Waals surface area contributed by atoms with E-state index in [-0.39, 0.29) is 5.91 Å². The van der Waals surface area contributed by atoms with Crippen LogP contribution in [0.3, 0.4) is 0 Å². The molecule has 13 heavy (non-hydrogen) atoms. The van der Waals surface area contributed by atoms with E-state index in [4.69, 9.17) is 0 Å². The molecule has 1 amide bonds.